The zero-order valence-corrected chi connectivity index (χ0v) is 10.5. The van der Waals surface area contributed by atoms with Gasteiger partial charge < -0.3 is 5.32 Å². The normalized spacial score (nSPS) is 10.3. The Labute approximate surface area is 107 Å². The Kier molecular flexibility index (Phi) is 3.78. The van der Waals surface area contributed by atoms with E-state index < -0.39 is 4.92 Å². The van der Waals surface area contributed by atoms with Crippen LogP contribution in [-0.2, 0) is 6.42 Å². The molecule has 0 unspecified atom stereocenters. The van der Waals surface area contributed by atoms with E-state index in [9.17, 15) is 10.1 Å². The van der Waals surface area contributed by atoms with E-state index in [0.717, 1.165) is 5.01 Å². The van der Waals surface area contributed by atoms with Gasteiger partial charge in [-0.25, -0.2) is 15.0 Å². The van der Waals surface area contributed by atoms with Crippen molar-refractivity contribution in [2.75, 3.05) is 11.9 Å². The number of hydrogen-bond donors (Lipinski definition) is 1. The fourth-order valence-corrected chi connectivity index (χ4v) is 2.04. The SMILES string of the molecule is CCNc1ncc([N+](=O)[O-])c(Cc2nccs2)n1. The van der Waals surface area contributed by atoms with Crippen LogP contribution >= 0.6 is 11.3 Å². The topological polar surface area (TPSA) is 93.8 Å². The molecular formula is C10H11N5O2S. The number of thiazole rings is 1. The Bertz CT molecular complexity index is 543. The first-order chi connectivity index (χ1) is 8.70. The molecule has 0 aliphatic heterocycles. The lowest BCUT2D eigenvalue weighted by atomic mass is 10.2. The molecule has 0 aliphatic rings. The summed E-state index contributed by atoms with van der Waals surface area (Å²) < 4.78 is 0. The van der Waals surface area contributed by atoms with E-state index >= 15 is 0 Å². The van der Waals surface area contributed by atoms with Crippen molar-refractivity contribution in [1.29, 1.82) is 0 Å². The van der Waals surface area contributed by atoms with Gasteiger partial charge in [0.2, 0.25) is 5.95 Å². The summed E-state index contributed by atoms with van der Waals surface area (Å²) in [6.07, 6.45) is 3.24. The van der Waals surface area contributed by atoms with Gasteiger partial charge in [-0.2, -0.15) is 0 Å². The van der Waals surface area contributed by atoms with Gasteiger partial charge in [-0.1, -0.05) is 0 Å². The summed E-state index contributed by atoms with van der Waals surface area (Å²) in [6, 6.07) is 0. The molecule has 94 valence electrons. The van der Waals surface area contributed by atoms with E-state index in [1.807, 2.05) is 12.3 Å². The number of nitro groups is 1. The maximum Gasteiger partial charge on any atom is 0.309 e. The molecule has 0 bridgehead atoms. The molecule has 0 radical (unpaired) electrons. The van der Waals surface area contributed by atoms with Gasteiger partial charge in [-0.3, -0.25) is 10.1 Å². The molecule has 0 amide bonds. The third kappa shape index (κ3) is 2.77. The van der Waals surface area contributed by atoms with Gasteiger partial charge in [0.25, 0.3) is 0 Å². The minimum atomic E-state index is -0.474. The lowest BCUT2D eigenvalue weighted by molar-refractivity contribution is -0.386. The Morgan fingerprint density at radius 1 is 1.50 bits per heavy atom. The number of hydrogen-bond acceptors (Lipinski definition) is 7. The number of nitrogens with zero attached hydrogens (tertiary/aromatic N) is 4. The van der Waals surface area contributed by atoms with Gasteiger partial charge in [0.15, 0.2) is 0 Å². The quantitative estimate of drug-likeness (QED) is 0.655. The summed E-state index contributed by atoms with van der Waals surface area (Å²) >= 11 is 1.44. The minimum Gasteiger partial charge on any atom is -0.354 e. The molecule has 0 aliphatic carbocycles. The van der Waals surface area contributed by atoms with E-state index in [2.05, 4.69) is 20.3 Å². The van der Waals surface area contributed by atoms with Crippen LogP contribution in [-0.4, -0.2) is 26.4 Å². The van der Waals surface area contributed by atoms with E-state index in [1.165, 1.54) is 17.5 Å². The number of aromatic nitrogens is 3. The maximum absolute atomic E-state index is 10.9. The van der Waals surface area contributed by atoms with E-state index in [1.54, 1.807) is 6.20 Å². The molecule has 0 saturated heterocycles. The average Bonchev–Trinajstić information content (AvgIpc) is 2.82. The van der Waals surface area contributed by atoms with E-state index in [4.69, 9.17) is 0 Å². The van der Waals surface area contributed by atoms with Crippen molar-refractivity contribution in [3.05, 3.63) is 38.6 Å². The van der Waals surface area contributed by atoms with Crippen LogP contribution in [0.1, 0.15) is 17.6 Å². The van der Waals surface area contributed by atoms with Gasteiger partial charge in [0.05, 0.1) is 9.93 Å². The van der Waals surface area contributed by atoms with Crippen molar-refractivity contribution in [3.63, 3.8) is 0 Å². The molecule has 0 aromatic carbocycles. The summed E-state index contributed by atoms with van der Waals surface area (Å²) in [5, 5.41) is 16.5. The molecule has 1 N–H and O–H groups in total. The molecule has 0 fully saturated rings. The lowest BCUT2D eigenvalue weighted by Crippen LogP contribution is -2.07. The Morgan fingerprint density at radius 3 is 2.94 bits per heavy atom. The van der Waals surface area contributed by atoms with Crippen molar-refractivity contribution >= 4 is 23.0 Å². The largest absolute Gasteiger partial charge is 0.354 e. The molecule has 2 rings (SSSR count). The first kappa shape index (κ1) is 12.4. The molecule has 18 heavy (non-hydrogen) atoms. The third-order valence-electron chi connectivity index (χ3n) is 2.18. The summed E-state index contributed by atoms with van der Waals surface area (Å²) in [4.78, 5) is 22.6. The maximum atomic E-state index is 10.9. The molecule has 8 heteroatoms. The Morgan fingerprint density at radius 2 is 2.33 bits per heavy atom. The minimum absolute atomic E-state index is 0.0770. The highest BCUT2D eigenvalue weighted by molar-refractivity contribution is 7.09. The molecule has 0 atom stereocenters. The molecule has 2 aromatic heterocycles. The van der Waals surface area contributed by atoms with Crippen LogP contribution in [0.3, 0.4) is 0 Å². The number of rotatable bonds is 5. The zero-order chi connectivity index (χ0) is 13.0. The van der Waals surface area contributed by atoms with E-state index in [-0.39, 0.29) is 5.69 Å². The standard InChI is InChI=1S/C10H11N5O2S/c1-2-11-10-13-6-8(15(16)17)7(14-10)5-9-12-3-4-18-9/h3-4,6H,2,5H2,1H3,(H,11,13,14). The molecule has 0 saturated carbocycles. The van der Waals surface area contributed by atoms with Crippen LogP contribution in [0.25, 0.3) is 0 Å². The summed E-state index contributed by atoms with van der Waals surface area (Å²) in [7, 11) is 0. The van der Waals surface area contributed by atoms with Gasteiger partial charge in [-0.05, 0) is 6.92 Å². The van der Waals surface area contributed by atoms with Gasteiger partial charge in [0.1, 0.15) is 11.9 Å². The second-order valence-electron chi connectivity index (χ2n) is 3.42. The molecule has 7 nitrogen and oxygen atoms in total. The molecule has 2 aromatic rings. The highest BCUT2D eigenvalue weighted by atomic mass is 32.1. The highest BCUT2D eigenvalue weighted by Gasteiger charge is 2.18. The van der Waals surface area contributed by atoms with Gasteiger partial charge in [-0.15, -0.1) is 11.3 Å². The Hall–Kier alpha value is -2.09. The van der Waals surface area contributed by atoms with Gasteiger partial charge in [0, 0.05) is 24.5 Å². The van der Waals surface area contributed by atoms with Crippen molar-refractivity contribution in [3.8, 4) is 0 Å². The fourth-order valence-electron chi connectivity index (χ4n) is 1.42. The van der Waals surface area contributed by atoms with Crippen LogP contribution in [0.2, 0.25) is 0 Å². The second-order valence-corrected chi connectivity index (χ2v) is 4.39. The predicted molar refractivity (Wildman–Crippen MR) is 67.8 cm³/mol. The molecular weight excluding hydrogens is 254 g/mol. The first-order valence-corrected chi connectivity index (χ1v) is 6.21. The molecule has 2 heterocycles. The zero-order valence-electron chi connectivity index (χ0n) is 9.66. The number of anilines is 1. The van der Waals surface area contributed by atoms with Crippen molar-refractivity contribution in [2.24, 2.45) is 0 Å². The second kappa shape index (κ2) is 5.50. The summed E-state index contributed by atoms with van der Waals surface area (Å²) in [5.41, 5.74) is 0.299. The Balaban J connectivity index is 2.34. The van der Waals surface area contributed by atoms with Crippen LogP contribution in [0, 0.1) is 10.1 Å². The lowest BCUT2D eigenvalue weighted by Gasteiger charge is -2.04. The van der Waals surface area contributed by atoms with Crippen molar-refractivity contribution in [1.82, 2.24) is 15.0 Å². The highest BCUT2D eigenvalue weighted by Crippen LogP contribution is 2.20. The first-order valence-electron chi connectivity index (χ1n) is 5.33. The third-order valence-corrected chi connectivity index (χ3v) is 2.96. The van der Waals surface area contributed by atoms with E-state index in [0.29, 0.717) is 24.6 Å². The van der Waals surface area contributed by atoms with Crippen molar-refractivity contribution in [2.45, 2.75) is 13.3 Å². The smallest absolute Gasteiger partial charge is 0.309 e. The number of nitrogens with one attached hydrogen (secondary N) is 1. The monoisotopic (exact) mass is 265 g/mol. The van der Waals surface area contributed by atoms with Crippen LogP contribution in [0.4, 0.5) is 11.6 Å². The predicted octanol–water partition coefficient (Wildman–Crippen LogP) is 1.86. The average molecular weight is 265 g/mol. The van der Waals surface area contributed by atoms with Crippen LogP contribution < -0.4 is 5.32 Å². The van der Waals surface area contributed by atoms with Crippen molar-refractivity contribution < 1.29 is 4.92 Å². The van der Waals surface area contributed by atoms with Crippen LogP contribution in [0.15, 0.2) is 17.8 Å². The fraction of sp³-hybridized carbons (Fsp3) is 0.300. The van der Waals surface area contributed by atoms with Crippen LogP contribution in [0.5, 0.6) is 0 Å². The summed E-state index contributed by atoms with van der Waals surface area (Å²) in [6.45, 7) is 2.57. The summed E-state index contributed by atoms with van der Waals surface area (Å²) in [5.74, 6) is 0.398. The van der Waals surface area contributed by atoms with Gasteiger partial charge >= 0.3 is 5.69 Å². The molecule has 0 spiro atoms.